The molecule has 5 heteroatoms. The summed E-state index contributed by atoms with van der Waals surface area (Å²) < 4.78 is 0. The first kappa shape index (κ1) is 31.4. The largest absolute Gasteiger partial charge is 0.478 e. The Labute approximate surface area is 189 Å². The van der Waals surface area contributed by atoms with E-state index in [4.69, 9.17) is 10.2 Å². The van der Waals surface area contributed by atoms with Gasteiger partial charge in [-0.25, -0.2) is 9.59 Å². The summed E-state index contributed by atoms with van der Waals surface area (Å²) in [6.07, 6.45) is 24.5. The molecule has 0 fully saturated rings. The zero-order valence-electron chi connectivity index (χ0n) is 18.2. The van der Waals surface area contributed by atoms with Crippen molar-refractivity contribution >= 4 is 41.5 Å². The molecule has 0 aliphatic heterocycles. The number of carboxylic acids is 2. The van der Waals surface area contributed by atoms with Crippen LogP contribution >= 0.6 is 0 Å². The van der Waals surface area contributed by atoms with Crippen molar-refractivity contribution in [3.05, 3.63) is 12.2 Å². The molecule has 0 spiro atoms. The number of hydrogen-bond donors (Lipinski definition) is 2. The summed E-state index contributed by atoms with van der Waals surface area (Å²) >= 11 is 0. The van der Waals surface area contributed by atoms with E-state index in [0.717, 1.165) is 0 Å². The molecule has 0 amide bonds. The van der Waals surface area contributed by atoms with Crippen LogP contribution in [-0.4, -0.2) is 51.7 Å². The van der Waals surface area contributed by atoms with Crippen LogP contribution < -0.4 is 0 Å². The molecule has 0 aliphatic carbocycles. The minimum atomic E-state index is -1.26. The molecule has 0 aromatic rings. The first-order valence-corrected chi connectivity index (χ1v) is 10.7. The molecule has 0 saturated heterocycles. The van der Waals surface area contributed by atoms with Crippen LogP contribution in [-0.2, 0) is 9.59 Å². The Morgan fingerprint density at radius 1 is 0.519 bits per heavy atom. The fourth-order valence-corrected chi connectivity index (χ4v) is 2.76. The van der Waals surface area contributed by atoms with Crippen molar-refractivity contribution in [1.82, 2.24) is 0 Å². The summed E-state index contributed by atoms with van der Waals surface area (Å²) in [6.45, 7) is 4.59. The zero-order valence-corrected chi connectivity index (χ0v) is 20.2. The molecule has 0 rings (SSSR count). The molecule has 2 N–H and O–H groups in total. The Balaban J connectivity index is -0.000000542. The van der Waals surface area contributed by atoms with Gasteiger partial charge in [0.15, 0.2) is 0 Å². The summed E-state index contributed by atoms with van der Waals surface area (Å²) in [7, 11) is 0. The molecular weight excluding hydrogens is 351 g/mol. The van der Waals surface area contributed by atoms with Crippen molar-refractivity contribution in [1.29, 1.82) is 0 Å². The van der Waals surface area contributed by atoms with Gasteiger partial charge in [0, 0.05) is 41.7 Å². The van der Waals surface area contributed by atoms with E-state index in [0.29, 0.717) is 12.2 Å². The molecule has 0 aromatic heterocycles. The molecule has 4 nitrogen and oxygen atoms in total. The van der Waals surface area contributed by atoms with E-state index in [1.54, 1.807) is 0 Å². The van der Waals surface area contributed by atoms with E-state index in [1.807, 2.05) is 0 Å². The van der Waals surface area contributed by atoms with Crippen molar-refractivity contribution in [3.8, 4) is 0 Å². The zero-order chi connectivity index (χ0) is 19.9. The predicted octanol–water partition coefficient (Wildman–Crippen LogP) is 6.60. The molecule has 27 heavy (non-hydrogen) atoms. The topological polar surface area (TPSA) is 74.6 Å². The third kappa shape index (κ3) is 37.2. The van der Waals surface area contributed by atoms with Gasteiger partial charge in [-0.3, -0.25) is 0 Å². The van der Waals surface area contributed by atoms with Crippen LogP contribution in [0.25, 0.3) is 0 Å². The summed E-state index contributed by atoms with van der Waals surface area (Å²) in [5.41, 5.74) is 0. The molecule has 0 unspecified atom stereocenters. The van der Waals surface area contributed by atoms with Crippen LogP contribution in [0.15, 0.2) is 12.2 Å². The second kappa shape index (κ2) is 27.9. The fraction of sp³-hybridized carbons (Fsp3) is 0.818. The molecule has 0 aromatic carbocycles. The van der Waals surface area contributed by atoms with Gasteiger partial charge < -0.3 is 10.2 Å². The first-order chi connectivity index (χ1) is 12.5. The van der Waals surface area contributed by atoms with Gasteiger partial charge in [0.1, 0.15) is 0 Å². The number of hydrogen-bond acceptors (Lipinski definition) is 2. The van der Waals surface area contributed by atoms with Crippen LogP contribution in [0.2, 0.25) is 0 Å². The van der Waals surface area contributed by atoms with E-state index in [1.165, 1.54) is 103 Å². The Hall–Kier alpha value is -0.320. The second-order valence-corrected chi connectivity index (χ2v) is 6.96. The minimum Gasteiger partial charge on any atom is -0.478 e. The van der Waals surface area contributed by atoms with Gasteiger partial charge in [-0.1, -0.05) is 117 Å². The van der Waals surface area contributed by atoms with Crippen molar-refractivity contribution in [2.75, 3.05) is 0 Å². The van der Waals surface area contributed by atoms with Gasteiger partial charge in [-0.15, -0.1) is 0 Å². The average Bonchev–Trinajstić information content (AvgIpc) is 2.61. The number of rotatable bonds is 17. The van der Waals surface area contributed by atoms with Crippen LogP contribution in [0.3, 0.4) is 0 Å². The SMILES string of the molecule is CCCCCCCCCCCCCCCCCC.O=C(O)C=CC(=O)O.[Na]. The van der Waals surface area contributed by atoms with Crippen LogP contribution in [0.4, 0.5) is 0 Å². The van der Waals surface area contributed by atoms with E-state index in [2.05, 4.69) is 13.8 Å². The summed E-state index contributed by atoms with van der Waals surface area (Å²) in [5, 5.41) is 15.6. The van der Waals surface area contributed by atoms with Crippen molar-refractivity contribution < 1.29 is 19.8 Å². The number of aliphatic carboxylic acids is 2. The Morgan fingerprint density at radius 2 is 0.704 bits per heavy atom. The van der Waals surface area contributed by atoms with Crippen molar-refractivity contribution in [2.45, 2.75) is 117 Å². The van der Waals surface area contributed by atoms with Gasteiger partial charge in [0.05, 0.1) is 0 Å². The maximum Gasteiger partial charge on any atom is 0.328 e. The maximum absolute atomic E-state index is 9.55. The van der Waals surface area contributed by atoms with Crippen molar-refractivity contribution in [2.24, 2.45) is 0 Å². The molecule has 0 aliphatic rings. The van der Waals surface area contributed by atoms with Gasteiger partial charge in [-0.2, -0.15) is 0 Å². The van der Waals surface area contributed by atoms with Crippen molar-refractivity contribution in [3.63, 3.8) is 0 Å². The van der Waals surface area contributed by atoms with Gasteiger partial charge >= 0.3 is 11.9 Å². The summed E-state index contributed by atoms with van der Waals surface area (Å²) in [5.74, 6) is -2.51. The Bertz CT molecular complexity index is 311. The van der Waals surface area contributed by atoms with Crippen LogP contribution in [0, 0.1) is 0 Å². The summed E-state index contributed by atoms with van der Waals surface area (Å²) in [6, 6.07) is 0. The first-order valence-electron chi connectivity index (χ1n) is 10.7. The van der Waals surface area contributed by atoms with Gasteiger partial charge in [0.2, 0.25) is 0 Å². The molecular formula is C22H42NaO4. The standard InChI is InChI=1S/C18H38.C4H4O4.Na/c1-3-5-7-9-11-13-15-17-18-16-14-12-10-8-6-4-2;5-3(6)1-2-4(7)8;/h3-18H2,1-2H3;1-2H,(H,5,6)(H,7,8);. The van der Waals surface area contributed by atoms with Crippen LogP contribution in [0.1, 0.15) is 117 Å². The van der Waals surface area contributed by atoms with E-state index < -0.39 is 11.9 Å². The summed E-state index contributed by atoms with van der Waals surface area (Å²) in [4.78, 5) is 19.1. The van der Waals surface area contributed by atoms with Gasteiger partial charge in [0.25, 0.3) is 0 Å². The predicted molar refractivity (Wildman–Crippen MR) is 115 cm³/mol. The Morgan fingerprint density at radius 3 is 0.852 bits per heavy atom. The molecule has 0 saturated carbocycles. The smallest absolute Gasteiger partial charge is 0.328 e. The average molecular weight is 394 g/mol. The third-order valence-electron chi connectivity index (χ3n) is 4.33. The van der Waals surface area contributed by atoms with Crippen LogP contribution in [0.5, 0.6) is 0 Å². The number of unbranched alkanes of at least 4 members (excludes halogenated alkanes) is 15. The third-order valence-corrected chi connectivity index (χ3v) is 4.33. The molecule has 0 bridgehead atoms. The molecule has 0 heterocycles. The van der Waals surface area contributed by atoms with E-state index in [-0.39, 0.29) is 29.6 Å². The van der Waals surface area contributed by atoms with Gasteiger partial charge in [-0.05, 0) is 0 Å². The number of carbonyl (C=O) groups is 2. The quantitative estimate of drug-likeness (QED) is 0.166. The number of carboxylic acid groups (broad SMARTS) is 2. The Kier molecular flexibility index (Phi) is 32.4. The molecule has 155 valence electrons. The second-order valence-electron chi connectivity index (χ2n) is 6.96. The molecule has 0 atom stereocenters. The normalized spacial score (nSPS) is 10.1. The minimum absolute atomic E-state index is 0. The molecule has 1 radical (unpaired) electrons. The maximum atomic E-state index is 9.55. The monoisotopic (exact) mass is 393 g/mol. The van der Waals surface area contributed by atoms with E-state index >= 15 is 0 Å². The fourth-order valence-electron chi connectivity index (χ4n) is 2.76. The van der Waals surface area contributed by atoms with E-state index in [9.17, 15) is 9.59 Å².